The minimum Gasteiger partial charge on any atom is -0.301 e. The fourth-order valence-electron chi connectivity index (χ4n) is 3.14. The van der Waals surface area contributed by atoms with Crippen LogP contribution in [0.25, 0.3) is 21.5 Å². The fraction of sp³-hybridized carbons (Fsp3) is 0.217. The summed E-state index contributed by atoms with van der Waals surface area (Å²) in [5.74, 6) is -0.236. The van der Waals surface area contributed by atoms with E-state index in [4.69, 9.17) is 28.2 Å². The van der Waals surface area contributed by atoms with Gasteiger partial charge in [-0.25, -0.2) is 9.97 Å². The topological polar surface area (TPSA) is 76.9 Å². The van der Waals surface area contributed by atoms with Crippen molar-refractivity contribution in [1.82, 2.24) is 14.5 Å². The van der Waals surface area contributed by atoms with Crippen LogP contribution in [0.3, 0.4) is 0 Å². The number of benzene rings is 1. The molecule has 1 N–H and O–H groups in total. The minimum atomic E-state index is -0.511. The van der Waals surface area contributed by atoms with Crippen LogP contribution in [0.2, 0.25) is 10.0 Å². The van der Waals surface area contributed by atoms with Crippen LogP contribution in [0, 0.1) is 0 Å². The molecule has 0 radical (unpaired) electrons. The van der Waals surface area contributed by atoms with E-state index >= 15 is 0 Å². The van der Waals surface area contributed by atoms with Gasteiger partial charge in [-0.1, -0.05) is 54.0 Å². The molecule has 34 heavy (non-hydrogen) atoms. The Morgan fingerprint density at radius 1 is 1.29 bits per heavy atom. The smallest absolute Gasteiger partial charge is 0.263 e. The van der Waals surface area contributed by atoms with Crippen molar-refractivity contribution in [3.05, 3.63) is 67.6 Å². The van der Waals surface area contributed by atoms with E-state index in [0.717, 1.165) is 16.9 Å². The second kappa shape index (κ2) is 10.6. The summed E-state index contributed by atoms with van der Waals surface area (Å²) in [4.78, 5) is 36.9. The molecule has 4 aromatic rings. The van der Waals surface area contributed by atoms with Crippen LogP contribution in [-0.4, -0.2) is 25.7 Å². The van der Waals surface area contributed by atoms with Gasteiger partial charge < -0.3 is 5.32 Å². The van der Waals surface area contributed by atoms with Gasteiger partial charge in [0.05, 0.1) is 26.4 Å². The normalized spacial score (nSPS) is 12.1. The highest BCUT2D eigenvalue weighted by Gasteiger charge is 2.21. The first-order valence-electron chi connectivity index (χ1n) is 10.3. The van der Waals surface area contributed by atoms with Crippen molar-refractivity contribution < 1.29 is 4.79 Å². The predicted octanol–water partition coefficient (Wildman–Crippen LogP) is 6.76. The fourth-order valence-corrected chi connectivity index (χ4v) is 6.09. The second-order valence-corrected chi connectivity index (χ2v) is 11.4. The number of aryl methyl sites for hydroxylation is 1. The monoisotopic (exact) mass is 550 g/mol. The van der Waals surface area contributed by atoms with Gasteiger partial charge in [0, 0.05) is 22.4 Å². The lowest BCUT2D eigenvalue weighted by atomic mass is 10.2. The summed E-state index contributed by atoms with van der Waals surface area (Å²) in [6.07, 6.45) is 2.48. The number of aromatic nitrogens is 3. The van der Waals surface area contributed by atoms with Crippen LogP contribution in [0.15, 0.2) is 52.3 Å². The number of thiazole rings is 1. The molecular weight excluding hydrogens is 531 g/mol. The summed E-state index contributed by atoms with van der Waals surface area (Å²) in [5, 5.41) is 6.64. The number of thioether (sulfide) groups is 1. The average Bonchev–Trinajstić information content (AvgIpc) is 3.45. The summed E-state index contributed by atoms with van der Waals surface area (Å²) < 4.78 is 1.56. The summed E-state index contributed by atoms with van der Waals surface area (Å²) >= 11 is 16.1. The molecular formula is C23H20Cl2N4O2S3. The first-order valence-corrected chi connectivity index (χ1v) is 13.7. The summed E-state index contributed by atoms with van der Waals surface area (Å²) in [7, 11) is 0. The van der Waals surface area contributed by atoms with E-state index in [9.17, 15) is 9.59 Å². The summed E-state index contributed by atoms with van der Waals surface area (Å²) in [6.45, 7) is 7.88. The molecule has 0 aliphatic rings. The zero-order chi connectivity index (χ0) is 24.4. The van der Waals surface area contributed by atoms with Gasteiger partial charge in [0.15, 0.2) is 10.3 Å². The molecule has 0 aliphatic carbocycles. The quantitative estimate of drug-likeness (QED) is 0.149. The van der Waals surface area contributed by atoms with Crippen molar-refractivity contribution in [2.75, 3.05) is 5.32 Å². The number of anilines is 1. The number of rotatable bonds is 8. The molecule has 0 bridgehead atoms. The number of hydrogen-bond donors (Lipinski definition) is 1. The maximum atomic E-state index is 13.0. The van der Waals surface area contributed by atoms with Crippen LogP contribution in [0.1, 0.15) is 18.7 Å². The molecule has 0 spiro atoms. The van der Waals surface area contributed by atoms with E-state index < -0.39 is 5.25 Å². The Balaban J connectivity index is 1.53. The summed E-state index contributed by atoms with van der Waals surface area (Å²) in [5.41, 5.74) is 1.37. The van der Waals surface area contributed by atoms with Crippen LogP contribution in [0.4, 0.5) is 5.13 Å². The number of halogens is 2. The van der Waals surface area contributed by atoms with Crippen LogP contribution >= 0.6 is 57.6 Å². The van der Waals surface area contributed by atoms with Crippen molar-refractivity contribution in [3.8, 4) is 11.3 Å². The van der Waals surface area contributed by atoms with Crippen molar-refractivity contribution in [2.24, 2.45) is 0 Å². The van der Waals surface area contributed by atoms with E-state index in [1.54, 1.807) is 29.7 Å². The van der Waals surface area contributed by atoms with E-state index in [-0.39, 0.29) is 11.5 Å². The van der Waals surface area contributed by atoms with Gasteiger partial charge in [-0.3, -0.25) is 14.2 Å². The molecule has 0 saturated carbocycles. The molecule has 3 aromatic heterocycles. The number of amides is 1. The number of nitrogens with zero attached hydrogens (tertiary/aromatic N) is 3. The Labute approximate surface area is 218 Å². The number of carbonyl (C=O) groups is 1. The maximum Gasteiger partial charge on any atom is 0.263 e. The molecule has 3 heterocycles. The first-order chi connectivity index (χ1) is 16.3. The molecule has 1 atom stereocenters. The lowest BCUT2D eigenvalue weighted by Crippen LogP contribution is -2.26. The zero-order valence-corrected chi connectivity index (χ0v) is 22.3. The molecule has 0 fully saturated rings. The SMILES string of the molecule is C=CCn1c(S[C@H](C)C(=O)Nc2nc(-c3ccc(Cl)c(Cl)c3)cs2)nc2sc(CC)cc2c1=O. The molecule has 0 saturated heterocycles. The molecule has 1 amide bonds. The van der Waals surface area contributed by atoms with Crippen LogP contribution < -0.4 is 10.9 Å². The van der Waals surface area contributed by atoms with Crippen molar-refractivity contribution in [3.63, 3.8) is 0 Å². The van der Waals surface area contributed by atoms with Crippen LogP contribution in [0.5, 0.6) is 0 Å². The van der Waals surface area contributed by atoms with Crippen molar-refractivity contribution >= 4 is 78.9 Å². The molecule has 11 heteroatoms. The standard InChI is InChI=1S/C23H20Cl2N4O2S3/c1-4-8-29-21(31)15-10-14(5-2)34-20(15)28-23(29)33-12(3)19(30)27-22-26-18(11-32-22)13-6-7-16(24)17(25)9-13/h4,6-7,9-12H,1,5,8H2,2-3H3,(H,26,27,30)/t12-/m1/s1. The third-order valence-corrected chi connectivity index (χ3v) is 8.69. The highest BCUT2D eigenvalue weighted by Crippen LogP contribution is 2.31. The third-order valence-electron chi connectivity index (χ3n) is 4.93. The van der Waals surface area contributed by atoms with Gasteiger partial charge >= 0.3 is 0 Å². The van der Waals surface area contributed by atoms with Gasteiger partial charge in [0.2, 0.25) is 5.91 Å². The minimum absolute atomic E-state index is 0.123. The van der Waals surface area contributed by atoms with Crippen molar-refractivity contribution in [2.45, 2.75) is 37.2 Å². The Morgan fingerprint density at radius 3 is 2.79 bits per heavy atom. The molecule has 0 unspecified atom stereocenters. The van der Waals surface area contributed by atoms with Gasteiger partial charge in [0.1, 0.15) is 4.83 Å². The van der Waals surface area contributed by atoms with E-state index in [0.29, 0.717) is 42.8 Å². The zero-order valence-electron chi connectivity index (χ0n) is 18.3. The molecule has 4 rings (SSSR count). The maximum absolute atomic E-state index is 13.0. The number of thiophene rings is 1. The van der Waals surface area contributed by atoms with E-state index in [1.165, 1.54) is 34.4 Å². The third kappa shape index (κ3) is 5.23. The Bertz CT molecular complexity index is 1440. The van der Waals surface area contributed by atoms with Crippen LogP contribution in [-0.2, 0) is 17.8 Å². The van der Waals surface area contributed by atoms with Gasteiger partial charge in [-0.15, -0.1) is 29.3 Å². The van der Waals surface area contributed by atoms with Gasteiger partial charge in [0.25, 0.3) is 5.56 Å². The van der Waals surface area contributed by atoms with E-state index in [1.807, 2.05) is 24.4 Å². The van der Waals surface area contributed by atoms with Crippen molar-refractivity contribution in [1.29, 1.82) is 0 Å². The predicted molar refractivity (Wildman–Crippen MR) is 145 cm³/mol. The number of nitrogens with one attached hydrogen (secondary N) is 1. The second-order valence-electron chi connectivity index (χ2n) is 7.30. The number of carbonyl (C=O) groups excluding carboxylic acids is 1. The highest BCUT2D eigenvalue weighted by molar-refractivity contribution is 8.00. The number of fused-ring (bicyclic) bond motifs is 1. The molecule has 0 aliphatic heterocycles. The number of hydrogen-bond acceptors (Lipinski definition) is 7. The molecule has 176 valence electrons. The number of allylic oxidation sites excluding steroid dienone is 1. The molecule has 6 nitrogen and oxygen atoms in total. The lowest BCUT2D eigenvalue weighted by molar-refractivity contribution is -0.115. The first kappa shape index (κ1) is 24.9. The Morgan fingerprint density at radius 2 is 2.09 bits per heavy atom. The molecule has 1 aromatic carbocycles. The lowest BCUT2D eigenvalue weighted by Gasteiger charge is -2.14. The Kier molecular flexibility index (Phi) is 7.79. The van der Waals surface area contributed by atoms with Gasteiger partial charge in [-0.2, -0.15) is 0 Å². The highest BCUT2D eigenvalue weighted by atomic mass is 35.5. The van der Waals surface area contributed by atoms with Gasteiger partial charge in [-0.05, 0) is 31.5 Å². The average molecular weight is 552 g/mol. The summed E-state index contributed by atoms with van der Waals surface area (Å²) in [6, 6.07) is 7.16. The largest absolute Gasteiger partial charge is 0.301 e. The Hall–Kier alpha value is -2.17. The van der Waals surface area contributed by atoms with E-state index in [2.05, 4.69) is 16.9 Å².